The Labute approximate surface area is 120 Å². The molecule has 1 aromatic rings. The number of furan rings is 1. The SMILES string of the molecule is CNCc1ccc(S(=O)(=O)NCC2CC3CCC2C3)o1. The van der Waals surface area contributed by atoms with E-state index < -0.39 is 10.0 Å². The normalized spacial score (nSPS) is 29.1. The van der Waals surface area contributed by atoms with E-state index in [9.17, 15) is 8.42 Å². The van der Waals surface area contributed by atoms with E-state index in [0.29, 0.717) is 24.8 Å². The van der Waals surface area contributed by atoms with Crippen molar-refractivity contribution in [3.05, 3.63) is 17.9 Å². The zero-order valence-electron chi connectivity index (χ0n) is 11.8. The first-order valence-corrected chi connectivity index (χ1v) is 8.80. The van der Waals surface area contributed by atoms with Gasteiger partial charge in [-0.05, 0) is 56.2 Å². The van der Waals surface area contributed by atoms with Crippen LogP contribution < -0.4 is 10.0 Å². The van der Waals surface area contributed by atoms with E-state index in [1.165, 1.54) is 31.7 Å². The maximum atomic E-state index is 12.2. The summed E-state index contributed by atoms with van der Waals surface area (Å²) in [4.78, 5) is 0. The predicted molar refractivity (Wildman–Crippen MR) is 75.6 cm³/mol. The van der Waals surface area contributed by atoms with Gasteiger partial charge in [0.05, 0.1) is 6.54 Å². The number of hydrogen-bond acceptors (Lipinski definition) is 4. The molecule has 5 nitrogen and oxygen atoms in total. The predicted octanol–water partition coefficient (Wildman–Crippen LogP) is 1.71. The molecule has 2 saturated carbocycles. The van der Waals surface area contributed by atoms with E-state index in [0.717, 1.165) is 11.8 Å². The van der Waals surface area contributed by atoms with Crippen LogP contribution in [-0.4, -0.2) is 22.0 Å². The van der Waals surface area contributed by atoms with Gasteiger partial charge >= 0.3 is 0 Å². The van der Waals surface area contributed by atoms with Crippen LogP contribution in [0.5, 0.6) is 0 Å². The lowest BCUT2D eigenvalue weighted by Gasteiger charge is -2.21. The molecule has 112 valence electrons. The van der Waals surface area contributed by atoms with Gasteiger partial charge in [-0.1, -0.05) is 6.42 Å². The molecule has 0 saturated heterocycles. The highest BCUT2D eigenvalue weighted by Gasteiger charge is 2.39. The fourth-order valence-electron chi connectivity index (χ4n) is 3.69. The summed E-state index contributed by atoms with van der Waals surface area (Å²) in [7, 11) is -1.71. The van der Waals surface area contributed by atoms with Crippen LogP contribution in [0, 0.1) is 17.8 Å². The van der Waals surface area contributed by atoms with Crippen molar-refractivity contribution < 1.29 is 12.8 Å². The molecule has 3 rings (SSSR count). The highest BCUT2D eigenvalue weighted by Crippen LogP contribution is 2.48. The topological polar surface area (TPSA) is 71.3 Å². The van der Waals surface area contributed by atoms with Crippen molar-refractivity contribution in [3.8, 4) is 0 Å². The van der Waals surface area contributed by atoms with Crippen molar-refractivity contribution in [2.75, 3.05) is 13.6 Å². The Morgan fingerprint density at radius 2 is 2.15 bits per heavy atom. The first-order valence-electron chi connectivity index (χ1n) is 7.31. The number of sulfonamides is 1. The van der Waals surface area contributed by atoms with E-state index >= 15 is 0 Å². The molecule has 0 aliphatic heterocycles. The molecule has 2 bridgehead atoms. The highest BCUT2D eigenvalue weighted by molar-refractivity contribution is 7.89. The molecule has 0 aromatic carbocycles. The van der Waals surface area contributed by atoms with Crippen molar-refractivity contribution in [1.82, 2.24) is 10.0 Å². The zero-order valence-corrected chi connectivity index (χ0v) is 12.6. The van der Waals surface area contributed by atoms with Crippen LogP contribution >= 0.6 is 0 Å². The molecule has 2 aliphatic rings. The minimum atomic E-state index is -3.51. The van der Waals surface area contributed by atoms with Gasteiger partial charge in [0.2, 0.25) is 5.09 Å². The summed E-state index contributed by atoms with van der Waals surface area (Å²) in [5.41, 5.74) is 0. The molecule has 0 radical (unpaired) electrons. The minimum Gasteiger partial charge on any atom is -0.447 e. The van der Waals surface area contributed by atoms with Crippen molar-refractivity contribution in [1.29, 1.82) is 0 Å². The van der Waals surface area contributed by atoms with Crippen molar-refractivity contribution >= 4 is 10.0 Å². The van der Waals surface area contributed by atoms with E-state index in [1.54, 1.807) is 13.1 Å². The Morgan fingerprint density at radius 1 is 1.30 bits per heavy atom. The van der Waals surface area contributed by atoms with Gasteiger partial charge in [0.1, 0.15) is 5.76 Å². The maximum absolute atomic E-state index is 12.2. The molecular weight excluding hydrogens is 276 g/mol. The van der Waals surface area contributed by atoms with Gasteiger partial charge in [-0.3, -0.25) is 0 Å². The lowest BCUT2D eigenvalue weighted by Crippen LogP contribution is -2.31. The summed E-state index contributed by atoms with van der Waals surface area (Å²) in [5.74, 6) is 2.70. The minimum absolute atomic E-state index is 0.0194. The molecule has 20 heavy (non-hydrogen) atoms. The van der Waals surface area contributed by atoms with Crippen molar-refractivity contribution in [3.63, 3.8) is 0 Å². The smallest absolute Gasteiger partial charge is 0.273 e. The monoisotopic (exact) mass is 298 g/mol. The third-order valence-electron chi connectivity index (χ3n) is 4.67. The number of fused-ring (bicyclic) bond motifs is 2. The number of rotatable bonds is 6. The van der Waals surface area contributed by atoms with Crippen LogP contribution in [0.2, 0.25) is 0 Å². The van der Waals surface area contributed by atoms with Gasteiger partial charge in [0, 0.05) is 6.54 Å². The summed E-state index contributed by atoms with van der Waals surface area (Å²) in [6.45, 7) is 1.08. The molecule has 3 atom stereocenters. The van der Waals surface area contributed by atoms with Crippen molar-refractivity contribution in [2.45, 2.75) is 37.3 Å². The maximum Gasteiger partial charge on any atom is 0.273 e. The quantitative estimate of drug-likeness (QED) is 0.839. The average molecular weight is 298 g/mol. The third-order valence-corrected chi connectivity index (χ3v) is 5.97. The Morgan fingerprint density at radius 3 is 2.80 bits per heavy atom. The molecular formula is C14H22N2O3S. The van der Waals surface area contributed by atoms with Crippen LogP contribution in [0.25, 0.3) is 0 Å². The van der Waals surface area contributed by atoms with Crippen LogP contribution in [0.15, 0.2) is 21.6 Å². The van der Waals surface area contributed by atoms with E-state index in [4.69, 9.17) is 4.42 Å². The summed E-state index contributed by atoms with van der Waals surface area (Å²) in [5, 5.41) is 2.95. The van der Waals surface area contributed by atoms with Crippen molar-refractivity contribution in [2.24, 2.45) is 17.8 Å². The van der Waals surface area contributed by atoms with Crippen LogP contribution in [-0.2, 0) is 16.6 Å². The highest BCUT2D eigenvalue weighted by atomic mass is 32.2. The molecule has 6 heteroatoms. The standard InChI is InChI=1S/C14H22N2O3S/c1-15-9-13-4-5-14(19-13)20(17,18)16-8-12-7-10-2-3-11(12)6-10/h4-5,10-12,15-16H,2-3,6-9H2,1H3. The molecule has 2 aliphatic carbocycles. The Kier molecular flexibility index (Phi) is 3.88. The van der Waals surface area contributed by atoms with Gasteiger partial charge < -0.3 is 9.73 Å². The molecule has 2 N–H and O–H groups in total. The van der Waals surface area contributed by atoms with E-state index in [2.05, 4.69) is 10.0 Å². The van der Waals surface area contributed by atoms with E-state index in [-0.39, 0.29) is 5.09 Å². The Balaban J connectivity index is 1.60. The Hall–Kier alpha value is -0.850. The lowest BCUT2D eigenvalue weighted by molar-refractivity contribution is 0.331. The average Bonchev–Trinajstić information content (AvgIpc) is 3.12. The van der Waals surface area contributed by atoms with Gasteiger partial charge in [-0.15, -0.1) is 0 Å². The molecule has 0 amide bonds. The largest absolute Gasteiger partial charge is 0.447 e. The van der Waals surface area contributed by atoms with Crippen LogP contribution in [0.4, 0.5) is 0 Å². The summed E-state index contributed by atoms with van der Waals surface area (Å²) in [6.07, 6.45) is 5.07. The molecule has 1 heterocycles. The Bertz CT molecular complexity index is 567. The number of hydrogen-bond donors (Lipinski definition) is 2. The number of nitrogens with one attached hydrogen (secondary N) is 2. The second-order valence-electron chi connectivity index (χ2n) is 6.04. The summed E-state index contributed by atoms with van der Waals surface area (Å²) in [6, 6.07) is 3.22. The summed E-state index contributed by atoms with van der Waals surface area (Å²) >= 11 is 0. The first kappa shape index (κ1) is 14.1. The molecule has 1 aromatic heterocycles. The van der Waals surface area contributed by atoms with Gasteiger partial charge in [0.15, 0.2) is 0 Å². The zero-order chi connectivity index (χ0) is 14.2. The molecule has 0 spiro atoms. The van der Waals surface area contributed by atoms with E-state index in [1.807, 2.05) is 0 Å². The lowest BCUT2D eigenvalue weighted by atomic mass is 9.89. The summed E-state index contributed by atoms with van der Waals surface area (Å²) < 4.78 is 32.4. The van der Waals surface area contributed by atoms with Gasteiger partial charge in [-0.2, -0.15) is 0 Å². The van der Waals surface area contributed by atoms with Crippen LogP contribution in [0.1, 0.15) is 31.4 Å². The molecule has 3 unspecified atom stereocenters. The molecule has 2 fully saturated rings. The van der Waals surface area contributed by atoms with Gasteiger partial charge in [0.25, 0.3) is 10.0 Å². The fourth-order valence-corrected chi connectivity index (χ4v) is 4.73. The second-order valence-corrected chi connectivity index (χ2v) is 7.74. The van der Waals surface area contributed by atoms with Crippen LogP contribution in [0.3, 0.4) is 0 Å². The fraction of sp³-hybridized carbons (Fsp3) is 0.714. The second kappa shape index (κ2) is 5.50. The van der Waals surface area contributed by atoms with Gasteiger partial charge in [-0.25, -0.2) is 13.1 Å². The first-order chi connectivity index (χ1) is 9.58. The third kappa shape index (κ3) is 2.77.